The van der Waals surface area contributed by atoms with Crippen LogP contribution in [0, 0.1) is 15.9 Å². The largest absolute Gasteiger partial charge is 0.372 e. The third-order valence-corrected chi connectivity index (χ3v) is 10.7. The van der Waals surface area contributed by atoms with E-state index in [-0.39, 0.29) is 0 Å². The number of unbranched alkanes of at least 4 members (excludes halogenated alkanes) is 22. The summed E-state index contributed by atoms with van der Waals surface area (Å²) in [7, 11) is 0. The van der Waals surface area contributed by atoms with Crippen molar-refractivity contribution in [1.29, 1.82) is 0 Å². The van der Waals surface area contributed by atoms with Crippen molar-refractivity contribution in [1.82, 2.24) is 0 Å². The summed E-state index contributed by atoms with van der Waals surface area (Å²) in [5.41, 5.74) is 4.74. The minimum atomic E-state index is -0.822. The Morgan fingerprint density at radius 3 is 1.26 bits per heavy atom. The Labute approximate surface area is 322 Å². The van der Waals surface area contributed by atoms with Gasteiger partial charge in [-0.1, -0.05) is 204 Å². The molecule has 0 amide bonds. The van der Waals surface area contributed by atoms with E-state index >= 15 is 0 Å². The molecule has 0 aromatic heterocycles. The monoisotopic (exact) mass is 727 g/mol. The first kappa shape index (κ1) is 43.9. The van der Waals surface area contributed by atoms with Gasteiger partial charge in [0.2, 0.25) is 5.82 Å². The van der Waals surface area contributed by atoms with Crippen LogP contribution in [0.25, 0.3) is 23.3 Å². The molecule has 3 aromatic rings. The Bertz CT molecular complexity index is 1370. The first-order valence-corrected chi connectivity index (χ1v) is 21.6. The van der Waals surface area contributed by atoms with E-state index in [2.05, 4.69) is 67.3 Å². The molecular formula is C48H71FN2O2. The predicted molar refractivity (Wildman–Crippen MR) is 228 cm³/mol. The van der Waals surface area contributed by atoms with Gasteiger partial charge in [0.25, 0.3) is 0 Å². The number of halogens is 1. The molecule has 0 saturated heterocycles. The zero-order valence-electron chi connectivity index (χ0n) is 33.5. The molecule has 3 rings (SSSR count). The molecule has 0 aliphatic heterocycles. The van der Waals surface area contributed by atoms with Crippen LogP contribution in [0.2, 0.25) is 0 Å². The van der Waals surface area contributed by atoms with Gasteiger partial charge in [0.1, 0.15) is 0 Å². The van der Waals surface area contributed by atoms with Crippen molar-refractivity contribution in [2.45, 2.75) is 168 Å². The fourth-order valence-electron chi connectivity index (χ4n) is 7.28. The average molecular weight is 727 g/mol. The number of rotatable bonds is 31. The van der Waals surface area contributed by atoms with Gasteiger partial charge in [0.05, 0.1) is 4.92 Å². The molecule has 0 bridgehead atoms. The third kappa shape index (κ3) is 18.9. The van der Waals surface area contributed by atoms with Crippen molar-refractivity contribution in [3.05, 3.63) is 93.8 Å². The summed E-state index contributed by atoms with van der Waals surface area (Å²) in [6.45, 7) is 6.85. The topological polar surface area (TPSA) is 46.4 Å². The minimum absolute atomic E-state index is 0.505. The number of nitro benzene ring substituents is 1. The van der Waals surface area contributed by atoms with Crippen molar-refractivity contribution in [2.24, 2.45) is 0 Å². The highest BCUT2D eigenvalue weighted by Crippen LogP contribution is 2.26. The van der Waals surface area contributed by atoms with Crippen molar-refractivity contribution in [3.8, 4) is 11.1 Å². The number of benzene rings is 3. The van der Waals surface area contributed by atoms with Gasteiger partial charge < -0.3 is 4.90 Å². The van der Waals surface area contributed by atoms with Crippen LogP contribution in [0.3, 0.4) is 0 Å². The summed E-state index contributed by atoms with van der Waals surface area (Å²) < 4.78 is 14.0. The maximum atomic E-state index is 14.0. The molecule has 0 saturated carbocycles. The summed E-state index contributed by atoms with van der Waals surface area (Å²) in [6.07, 6.45) is 36.8. The van der Waals surface area contributed by atoms with Gasteiger partial charge in [-0.25, -0.2) is 0 Å². The first-order chi connectivity index (χ1) is 26.0. The molecule has 0 heterocycles. The summed E-state index contributed by atoms with van der Waals surface area (Å²) in [5.74, 6) is -0.822. The van der Waals surface area contributed by atoms with E-state index in [1.807, 2.05) is 6.08 Å². The second-order valence-electron chi connectivity index (χ2n) is 15.2. The van der Waals surface area contributed by atoms with Crippen LogP contribution < -0.4 is 4.90 Å². The SMILES string of the molecule is CCCCCCCCCCCCCCN(CCCCCCCCCCCCCC)c1ccc(-c2ccc(/C=C/c3ccc([N+](=O)[O-])c(F)c3)cc2)cc1. The van der Waals surface area contributed by atoms with Crippen LogP contribution in [0.5, 0.6) is 0 Å². The highest BCUT2D eigenvalue weighted by molar-refractivity contribution is 5.73. The van der Waals surface area contributed by atoms with E-state index in [1.54, 1.807) is 12.1 Å². The lowest BCUT2D eigenvalue weighted by Gasteiger charge is -2.25. The lowest BCUT2D eigenvalue weighted by atomic mass is 10.0. The molecule has 4 nitrogen and oxygen atoms in total. The molecule has 0 atom stereocenters. The Morgan fingerprint density at radius 2 is 0.868 bits per heavy atom. The fraction of sp³-hybridized carbons (Fsp3) is 0.583. The molecule has 0 aliphatic rings. The van der Waals surface area contributed by atoms with Crippen LogP contribution in [0.1, 0.15) is 179 Å². The van der Waals surface area contributed by atoms with Gasteiger partial charge in [-0.05, 0) is 59.4 Å². The van der Waals surface area contributed by atoms with Crippen LogP contribution in [0.4, 0.5) is 15.8 Å². The van der Waals surface area contributed by atoms with Crippen molar-refractivity contribution >= 4 is 23.5 Å². The van der Waals surface area contributed by atoms with E-state index in [0.717, 1.165) is 24.2 Å². The van der Waals surface area contributed by atoms with Crippen LogP contribution in [0.15, 0.2) is 66.7 Å². The predicted octanol–water partition coefficient (Wildman–Crippen LogP) is 15.8. The van der Waals surface area contributed by atoms with Gasteiger partial charge in [-0.3, -0.25) is 10.1 Å². The van der Waals surface area contributed by atoms with Gasteiger partial charge in [0, 0.05) is 24.8 Å². The number of hydrogen-bond donors (Lipinski definition) is 0. The maximum Gasteiger partial charge on any atom is 0.304 e. The minimum Gasteiger partial charge on any atom is -0.372 e. The second kappa shape index (κ2) is 28.0. The maximum absolute atomic E-state index is 14.0. The van der Waals surface area contributed by atoms with Crippen LogP contribution in [-0.2, 0) is 0 Å². The van der Waals surface area contributed by atoms with Crippen LogP contribution >= 0.6 is 0 Å². The standard InChI is InChI=1S/C48H71FN2O2/c1-3-5-7-9-11-13-15-17-19-21-23-25-39-50(40-26-24-22-20-18-16-14-12-10-8-6-4-2)46-36-34-45(35-37-46)44-32-29-42(30-33-44)27-28-43-31-38-48(51(52)53)47(49)41-43/h27-38,41H,3-26,39-40H2,1-2H3/b28-27+. The van der Waals surface area contributed by atoms with Crippen molar-refractivity contribution in [3.63, 3.8) is 0 Å². The number of nitrogens with zero attached hydrogens (tertiary/aromatic N) is 2. The Hall–Kier alpha value is -3.47. The summed E-state index contributed by atoms with van der Waals surface area (Å²) in [5, 5.41) is 10.9. The molecule has 0 aliphatic carbocycles. The lowest BCUT2D eigenvalue weighted by Crippen LogP contribution is -2.25. The molecule has 0 radical (unpaired) electrons. The van der Waals surface area contributed by atoms with E-state index < -0.39 is 16.4 Å². The van der Waals surface area contributed by atoms with Gasteiger partial charge in [0.15, 0.2) is 0 Å². The van der Waals surface area contributed by atoms with E-state index in [0.29, 0.717) is 5.56 Å². The molecule has 0 unspecified atom stereocenters. The number of hydrogen-bond acceptors (Lipinski definition) is 3. The molecule has 53 heavy (non-hydrogen) atoms. The Balaban J connectivity index is 1.47. The third-order valence-electron chi connectivity index (χ3n) is 10.7. The lowest BCUT2D eigenvalue weighted by molar-refractivity contribution is -0.387. The Kier molecular flexibility index (Phi) is 23.2. The van der Waals surface area contributed by atoms with Gasteiger partial charge >= 0.3 is 5.69 Å². The zero-order chi connectivity index (χ0) is 37.8. The summed E-state index contributed by atoms with van der Waals surface area (Å²) in [4.78, 5) is 12.8. The fourth-order valence-corrected chi connectivity index (χ4v) is 7.28. The molecule has 0 fully saturated rings. The van der Waals surface area contributed by atoms with E-state index in [9.17, 15) is 14.5 Å². The molecule has 292 valence electrons. The highest BCUT2D eigenvalue weighted by atomic mass is 19.1. The van der Waals surface area contributed by atoms with Gasteiger partial charge in [-0.15, -0.1) is 0 Å². The van der Waals surface area contributed by atoms with Crippen LogP contribution in [-0.4, -0.2) is 18.0 Å². The highest BCUT2D eigenvalue weighted by Gasteiger charge is 2.13. The second-order valence-corrected chi connectivity index (χ2v) is 15.2. The molecular weight excluding hydrogens is 656 g/mol. The van der Waals surface area contributed by atoms with E-state index in [1.165, 1.54) is 177 Å². The molecule has 5 heteroatoms. The summed E-state index contributed by atoms with van der Waals surface area (Å²) in [6, 6.07) is 21.4. The van der Waals surface area contributed by atoms with E-state index in [4.69, 9.17) is 0 Å². The average Bonchev–Trinajstić information content (AvgIpc) is 3.17. The van der Waals surface area contributed by atoms with Crippen molar-refractivity contribution in [2.75, 3.05) is 18.0 Å². The van der Waals surface area contributed by atoms with Gasteiger partial charge in [-0.2, -0.15) is 4.39 Å². The smallest absolute Gasteiger partial charge is 0.304 e. The number of nitro groups is 1. The Morgan fingerprint density at radius 1 is 0.509 bits per heavy atom. The molecule has 3 aromatic carbocycles. The first-order valence-electron chi connectivity index (χ1n) is 21.6. The van der Waals surface area contributed by atoms with Crippen molar-refractivity contribution < 1.29 is 9.31 Å². The molecule has 0 spiro atoms. The number of anilines is 1. The quantitative estimate of drug-likeness (QED) is 0.0287. The molecule has 0 N–H and O–H groups in total. The summed E-state index contributed by atoms with van der Waals surface area (Å²) >= 11 is 0. The zero-order valence-corrected chi connectivity index (χ0v) is 33.5. The normalized spacial score (nSPS) is 11.5.